The summed E-state index contributed by atoms with van der Waals surface area (Å²) in [5.74, 6) is 0.549. The number of phosphoric acid groups is 1. The summed E-state index contributed by atoms with van der Waals surface area (Å²) in [5.41, 5.74) is 1.98. The third kappa shape index (κ3) is 5.91. The summed E-state index contributed by atoms with van der Waals surface area (Å²) in [6, 6.07) is 13.7. The lowest BCUT2D eigenvalue weighted by atomic mass is 10.1. The van der Waals surface area contributed by atoms with Crippen LogP contribution in [0.5, 0.6) is 5.75 Å². The summed E-state index contributed by atoms with van der Waals surface area (Å²) < 4.78 is 51.2. The molecule has 16 heteroatoms. The van der Waals surface area contributed by atoms with Gasteiger partial charge in [0.05, 0.1) is 10.6 Å². The van der Waals surface area contributed by atoms with Crippen molar-refractivity contribution in [1.29, 1.82) is 0 Å². The molecule has 6 rings (SSSR count). The molecule has 218 valence electrons. The van der Waals surface area contributed by atoms with Crippen molar-refractivity contribution in [2.45, 2.75) is 23.8 Å². The van der Waals surface area contributed by atoms with E-state index in [1.165, 1.54) is 34.8 Å². The summed E-state index contributed by atoms with van der Waals surface area (Å²) in [6.45, 7) is 0.626. The van der Waals surface area contributed by atoms with Crippen LogP contribution in [0.3, 0.4) is 0 Å². The normalized spacial score (nSPS) is 16.5. The average Bonchev–Trinajstić information content (AvgIpc) is 3.55. The van der Waals surface area contributed by atoms with Gasteiger partial charge in [-0.1, -0.05) is 23.7 Å². The fourth-order valence-corrected chi connectivity index (χ4v) is 6.88. The first kappa shape index (κ1) is 28.3. The van der Waals surface area contributed by atoms with Crippen molar-refractivity contribution in [1.82, 2.24) is 23.7 Å². The van der Waals surface area contributed by atoms with Gasteiger partial charge in [-0.05, 0) is 55.3 Å². The molecule has 1 aliphatic heterocycles. The number of hydrogen-bond donors (Lipinski definition) is 3. The number of piperidine rings is 1. The van der Waals surface area contributed by atoms with E-state index < -0.39 is 17.8 Å². The van der Waals surface area contributed by atoms with Crippen molar-refractivity contribution in [2.24, 2.45) is 0 Å². The Balaban J connectivity index is 1.28. The molecule has 13 nitrogen and oxygen atoms in total. The van der Waals surface area contributed by atoms with Crippen molar-refractivity contribution < 1.29 is 31.7 Å². The molecule has 5 aromatic rings. The number of aromatic nitrogens is 4. The summed E-state index contributed by atoms with van der Waals surface area (Å²) in [4.78, 5) is 32.3. The molecular formula is C26H24ClN6O7PS. The standard InChI is InChI=1S/C26H24ClN6O7PS/c27-18-6-8-21(9-7-18)42(37,38)32-12-2-4-19(16-32)29-25-28-11-10-22(30-25)24-23(31-26-33(24)13-14-39-26)17-3-1-5-20(15-17)40-41(34,35)36/h1,3,5-11,13-15,19H,2,4,12,16H2,(H,28,29,30)(H2,34,35,36). The zero-order valence-corrected chi connectivity index (χ0v) is 24.2. The van der Waals surface area contributed by atoms with Crippen LogP contribution in [0.2, 0.25) is 5.02 Å². The molecule has 42 heavy (non-hydrogen) atoms. The SMILES string of the molecule is O=P(O)(O)Oc1cccc(-c2nc3occn3c2-c2ccnc(NC3CCCN(S(=O)(=O)c4ccc(Cl)cc4)C3)n2)c1. The smallest absolute Gasteiger partial charge is 0.432 e. The highest BCUT2D eigenvalue weighted by Crippen LogP contribution is 2.40. The van der Waals surface area contributed by atoms with Gasteiger partial charge in [0.25, 0.3) is 0 Å². The van der Waals surface area contributed by atoms with Crippen LogP contribution in [0, 0.1) is 0 Å². The molecule has 0 spiro atoms. The molecule has 0 radical (unpaired) electrons. The highest BCUT2D eigenvalue weighted by Gasteiger charge is 2.31. The first-order valence-corrected chi connectivity index (χ1v) is 16.1. The molecule has 0 saturated carbocycles. The van der Waals surface area contributed by atoms with Gasteiger partial charge in [-0.3, -0.25) is 14.2 Å². The van der Waals surface area contributed by atoms with Gasteiger partial charge >= 0.3 is 13.7 Å². The van der Waals surface area contributed by atoms with Crippen LogP contribution in [0.25, 0.3) is 28.5 Å². The number of nitrogens with one attached hydrogen (secondary N) is 1. The molecule has 1 unspecified atom stereocenters. The van der Waals surface area contributed by atoms with Crippen LogP contribution in [-0.4, -0.2) is 61.0 Å². The summed E-state index contributed by atoms with van der Waals surface area (Å²) in [6.07, 6.45) is 6.09. The summed E-state index contributed by atoms with van der Waals surface area (Å²) in [7, 11) is -8.47. The highest BCUT2D eigenvalue weighted by molar-refractivity contribution is 7.89. The van der Waals surface area contributed by atoms with Gasteiger partial charge in [0.1, 0.15) is 23.4 Å². The molecule has 1 aliphatic rings. The van der Waals surface area contributed by atoms with Crippen LogP contribution in [0.15, 0.2) is 82.6 Å². The van der Waals surface area contributed by atoms with E-state index in [0.717, 1.165) is 6.42 Å². The third-order valence-electron chi connectivity index (χ3n) is 6.66. The first-order chi connectivity index (χ1) is 20.1. The summed E-state index contributed by atoms with van der Waals surface area (Å²) >= 11 is 5.93. The first-order valence-electron chi connectivity index (χ1n) is 12.7. The predicted molar refractivity (Wildman–Crippen MR) is 153 cm³/mol. The van der Waals surface area contributed by atoms with Crippen LogP contribution in [0.1, 0.15) is 12.8 Å². The Hall–Kier alpha value is -3.78. The molecule has 0 bridgehead atoms. The monoisotopic (exact) mass is 630 g/mol. The number of benzene rings is 2. The van der Waals surface area contributed by atoms with Crippen molar-refractivity contribution in [3.05, 3.63) is 78.3 Å². The van der Waals surface area contributed by atoms with Gasteiger partial charge < -0.3 is 14.3 Å². The number of halogens is 1. The number of sulfonamides is 1. The van der Waals surface area contributed by atoms with Crippen molar-refractivity contribution >= 4 is 41.2 Å². The lowest BCUT2D eigenvalue weighted by Gasteiger charge is -2.32. The largest absolute Gasteiger partial charge is 0.524 e. The number of hydrogen-bond acceptors (Lipinski definition) is 9. The number of nitrogens with zero attached hydrogens (tertiary/aromatic N) is 5. The fourth-order valence-electron chi connectivity index (χ4n) is 4.85. The zero-order valence-electron chi connectivity index (χ0n) is 21.7. The van der Waals surface area contributed by atoms with E-state index in [9.17, 15) is 22.8 Å². The number of phosphoric ester groups is 1. The Morgan fingerprint density at radius 2 is 1.93 bits per heavy atom. The zero-order chi connectivity index (χ0) is 29.5. The Kier molecular flexibility index (Phi) is 7.51. The van der Waals surface area contributed by atoms with Gasteiger partial charge in [0.15, 0.2) is 0 Å². The molecule has 3 N–H and O–H groups in total. The highest BCUT2D eigenvalue weighted by atomic mass is 35.5. The lowest BCUT2D eigenvalue weighted by Crippen LogP contribution is -2.45. The van der Waals surface area contributed by atoms with E-state index >= 15 is 0 Å². The quantitative estimate of drug-likeness (QED) is 0.207. The van der Waals surface area contributed by atoms with Crippen molar-refractivity contribution in [3.63, 3.8) is 0 Å². The molecule has 1 atom stereocenters. The van der Waals surface area contributed by atoms with Crippen molar-refractivity contribution in [3.8, 4) is 28.4 Å². The van der Waals surface area contributed by atoms with Crippen molar-refractivity contribution in [2.75, 3.05) is 18.4 Å². The second kappa shape index (κ2) is 11.1. The Morgan fingerprint density at radius 1 is 1.12 bits per heavy atom. The Bertz CT molecular complexity index is 1910. The minimum atomic E-state index is -4.76. The molecule has 1 saturated heterocycles. The Morgan fingerprint density at radius 3 is 2.71 bits per heavy atom. The number of fused-ring (bicyclic) bond motifs is 1. The number of anilines is 1. The number of imidazole rings is 1. The molecule has 0 aliphatic carbocycles. The third-order valence-corrected chi connectivity index (χ3v) is 9.24. The minimum absolute atomic E-state index is 0.0307. The van der Waals surface area contributed by atoms with Crippen LogP contribution in [-0.2, 0) is 14.6 Å². The number of oxazole rings is 1. The maximum absolute atomic E-state index is 13.2. The molecule has 3 aromatic heterocycles. The van der Waals surface area contributed by atoms with Gasteiger partial charge in [-0.15, -0.1) is 0 Å². The van der Waals surface area contributed by atoms with E-state index in [0.29, 0.717) is 46.6 Å². The van der Waals surface area contributed by atoms with E-state index in [4.69, 9.17) is 25.5 Å². The predicted octanol–water partition coefficient (Wildman–Crippen LogP) is 4.44. The second-order valence-electron chi connectivity index (χ2n) is 9.54. The van der Waals surface area contributed by atoms with Crippen LogP contribution < -0.4 is 9.84 Å². The molecule has 0 amide bonds. The topological polar surface area (TPSA) is 172 Å². The van der Waals surface area contributed by atoms with E-state index in [-0.39, 0.29) is 29.1 Å². The van der Waals surface area contributed by atoms with E-state index in [1.807, 2.05) is 0 Å². The maximum atomic E-state index is 13.2. The maximum Gasteiger partial charge on any atom is 0.524 e. The molecule has 2 aromatic carbocycles. The van der Waals surface area contributed by atoms with Gasteiger partial charge in [-0.2, -0.15) is 9.29 Å². The molecular weight excluding hydrogens is 607 g/mol. The molecule has 4 heterocycles. The van der Waals surface area contributed by atoms with Crippen LogP contribution in [0.4, 0.5) is 5.95 Å². The summed E-state index contributed by atoms with van der Waals surface area (Å²) in [5, 5.41) is 3.73. The number of rotatable bonds is 8. The van der Waals surface area contributed by atoms with Gasteiger partial charge in [0.2, 0.25) is 16.0 Å². The lowest BCUT2D eigenvalue weighted by molar-refractivity contribution is 0.283. The second-order valence-corrected chi connectivity index (χ2v) is 13.1. The average molecular weight is 631 g/mol. The van der Waals surface area contributed by atoms with Crippen LogP contribution >= 0.6 is 19.4 Å². The van der Waals surface area contributed by atoms with Gasteiger partial charge in [-0.25, -0.2) is 23.0 Å². The Labute approximate surface area is 245 Å². The van der Waals surface area contributed by atoms with E-state index in [1.54, 1.807) is 47.1 Å². The fraction of sp³-hybridized carbons (Fsp3) is 0.192. The van der Waals surface area contributed by atoms with Gasteiger partial charge in [0, 0.05) is 42.1 Å². The van der Waals surface area contributed by atoms with E-state index in [2.05, 4.69) is 15.3 Å². The molecule has 1 fully saturated rings. The minimum Gasteiger partial charge on any atom is -0.432 e.